The largest absolute Gasteiger partial charge is 0.376 e. The monoisotopic (exact) mass is 393 g/mol. The molecule has 0 saturated carbocycles. The van der Waals surface area contributed by atoms with E-state index in [-0.39, 0.29) is 24.5 Å². The molecule has 0 aliphatic carbocycles. The van der Waals surface area contributed by atoms with Gasteiger partial charge in [0.05, 0.1) is 12.6 Å². The summed E-state index contributed by atoms with van der Waals surface area (Å²) in [6, 6.07) is 15.3. The molecule has 0 aromatic heterocycles. The molecule has 1 saturated heterocycles. The number of nitrogens with zero attached hydrogens (tertiary/aromatic N) is 1. The summed E-state index contributed by atoms with van der Waals surface area (Å²) >= 11 is 0. The van der Waals surface area contributed by atoms with Crippen molar-refractivity contribution in [3.8, 4) is 0 Å². The van der Waals surface area contributed by atoms with Crippen LogP contribution in [-0.2, 0) is 16.0 Å². The first-order valence-electron chi connectivity index (χ1n) is 10.3. The van der Waals surface area contributed by atoms with Crippen LogP contribution in [0.1, 0.15) is 35.2 Å². The highest BCUT2D eigenvalue weighted by Gasteiger charge is 2.22. The van der Waals surface area contributed by atoms with Crippen molar-refractivity contribution in [1.29, 1.82) is 0 Å². The molecule has 2 amide bonds. The number of rotatable bonds is 6. The lowest BCUT2D eigenvalue weighted by Crippen LogP contribution is -2.39. The molecule has 1 atom stereocenters. The van der Waals surface area contributed by atoms with Gasteiger partial charge in [-0.05, 0) is 55.5 Å². The fourth-order valence-corrected chi connectivity index (χ4v) is 3.95. The molecule has 1 fully saturated rings. The molecule has 4 rings (SSSR count). The third kappa shape index (κ3) is 4.77. The molecule has 0 radical (unpaired) electrons. The minimum absolute atomic E-state index is 0.0328. The molecule has 2 aromatic carbocycles. The van der Waals surface area contributed by atoms with Gasteiger partial charge < -0.3 is 20.3 Å². The highest BCUT2D eigenvalue weighted by atomic mass is 16.5. The van der Waals surface area contributed by atoms with Crippen LogP contribution in [0, 0.1) is 0 Å². The Morgan fingerprint density at radius 2 is 2.00 bits per heavy atom. The van der Waals surface area contributed by atoms with E-state index in [0.29, 0.717) is 12.1 Å². The summed E-state index contributed by atoms with van der Waals surface area (Å²) in [5.74, 6) is -0.0918. The maximum absolute atomic E-state index is 12.8. The highest BCUT2D eigenvalue weighted by Crippen LogP contribution is 2.26. The summed E-state index contributed by atoms with van der Waals surface area (Å²) < 4.78 is 5.54. The van der Waals surface area contributed by atoms with Crippen LogP contribution in [0.2, 0.25) is 0 Å². The zero-order chi connectivity index (χ0) is 20.1. The van der Waals surface area contributed by atoms with Gasteiger partial charge in [-0.3, -0.25) is 9.59 Å². The predicted octanol–water partition coefficient (Wildman–Crippen LogP) is 2.99. The maximum Gasteiger partial charge on any atom is 0.251 e. The van der Waals surface area contributed by atoms with Crippen molar-refractivity contribution in [3.05, 3.63) is 59.7 Å². The van der Waals surface area contributed by atoms with Crippen LogP contribution in [0.5, 0.6) is 0 Å². The van der Waals surface area contributed by atoms with Gasteiger partial charge in [-0.25, -0.2) is 0 Å². The van der Waals surface area contributed by atoms with Gasteiger partial charge in [0.15, 0.2) is 0 Å². The van der Waals surface area contributed by atoms with Gasteiger partial charge in [-0.2, -0.15) is 0 Å². The van der Waals surface area contributed by atoms with Crippen LogP contribution in [-0.4, -0.2) is 44.2 Å². The Morgan fingerprint density at radius 3 is 2.86 bits per heavy atom. The molecule has 152 valence electrons. The Hall–Kier alpha value is -2.86. The number of amides is 2. The van der Waals surface area contributed by atoms with Crippen LogP contribution in [0.15, 0.2) is 48.5 Å². The number of benzene rings is 2. The Morgan fingerprint density at radius 1 is 1.10 bits per heavy atom. The minimum Gasteiger partial charge on any atom is -0.376 e. The van der Waals surface area contributed by atoms with Crippen LogP contribution in [0.25, 0.3) is 0 Å². The first-order chi connectivity index (χ1) is 14.2. The standard InChI is InChI=1S/C23H27N3O3/c27-22(26-12-4-8-17-6-1-2-11-21(17)26)16-24-19-9-3-7-18(14-19)23(28)25-15-20-10-5-13-29-20/h1-3,6-7,9,11,14,20,24H,4-5,8,10,12-13,15-16H2,(H,25,28). The number of para-hydroxylation sites is 1. The number of carbonyl (C=O) groups excluding carboxylic acids is 2. The average Bonchev–Trinajstić information content (AvgIpc) is 3.29. The first-order valence-corrected chi connectivity index (χ1v) is 10.3. The van der Waals surface area contributed by atoms with Crippen molar-refractivity contribution in [3.63, 3.8) is 0 Å². The molecule has 0 bridgehead atoms. The highest BCUT2D eigenvalue weighted by molar-refractivity contribution is 5.98. The number of anilines is 2. The summed E-state index contributed by atoms with van der Waals surface area (Å²) in [7, 11) is 0. The zero-order valence-electron chi connectivity index (χ0n) is 16.5. The van der Waals surface area contributed by atoms with Crippen molar-refractivity contribution >= 4 is 23.2 Å². The molecule has 29 heavy (non-hydrogen) atoms. The van der Waals surface area contributed by atoms with E-state index in [1.807, 2.05) is 35.2 Å². The molecule has 6 nitrogen and oxygen atoms in total. The van der Waals surface area contributed by atoms with Crippen LogP contribution in [0.3, 0.4) is 0 Å². The van der Waals surface area contributed by atoms with E-state index in [1.165, 1.54) is 5.56 Å². The molecule has 6 heteroatoms. The van der Waals surface area contributed by atoms with Crippen molar-refractivity contribution in [2.24, 2.45) is 0 Å². The summed E-state index contributed by atoms with van der Waals surface area (Å²) in [5, 5.41) is 6.10. The van der Waals surface area contributed by atoms with Crippen LogP contribution < -0.4 is 15.5 Å². The van der Waals surface area contributed by atoms with Crippen molar-refractivity contribution < 1.29 is 14.3 Å². The van der Waals surface area contributed by atoms with E-state index in [1.54, 1.807) is 12.1 Å². The lowest BCUT2D eigenvalue weighted by molar-refractivity contribution is -0.117. The smallest absolute Gasteiger partial charge is 0.251 e. The third-order valence-electron chi connectivity index (χ3n) is 5.49. The van der Waals surface area contributed by atoms with Gasteiger partial charge in [-0.15, -0.1) is 0 Å². The number of hydrogen-bond donors (Lipinski definition) is 2. The van der Waals surface area contributed by atoms with E-state index in [4.69, 9.17) is 4.74 Å². The van der Waals surface area contributed by atoms with E-state index in [0.717, 1.165) is 50.2 Å². The average molecular weight is 393 g/mol. The molecule has 2 aromatic rings. The summed E-state index contributed by atoms with van der Waals surface area (Å²) in [5.41, 5.74) is 3.56. The lowest BCUT2D eigenvalue weighted by Gasteiger charge is -2.29. The molecular formula is C23H27N3O3. The summed E-state index contributed by atoms with van der Waals surface area (Å²) in [6.07, 6.45) is 4.14. The lowest BCUT2D eigenvalue weighted by atomic mass is 10.0. The second-order valence-corrected chi connectivity index (χ2v) is 7.56. The normalized spacial score (nSPS) is 18.2. The number of nitrogens with one attached hydrogen (secondary N) is 2. The number of hydrogen-bond acceptors (Lipinski definition) is 4. The number of carbonyl (C=O) groups is 2. The molecule has 2 aliphatic rings. The van der Waals surface area contributed by atoms with Crippen molar-refractivity contribution in [2.45, 2.75) is 31.8 Å². The van der Waals surface area contributed by atoms with E-state index >= 15 is 0 Å². The van der Waals surface area contributed by atoms with Gasteiger partial charge in [0.2, 0.25) is 5.91 Å². The molecule has 2 aliphatic heterocycles. The molecule has 0 spiro atoms. The molecule has 1 unspecified atom stereocenters. The zero-order valence-corrected chi connectivity index (χ0v) is 16.5. The van der Waals surface area contributed by atoms with Gasteiger partial charge in [0.25, 0.3) is 5.91 Å². The quantitative estimate of drug-likeness (QED) is 0.792. The molecular weight excluding hydrogens is 366 g/mol. The van der Waals surface area contributed by atoms with Gasteiger partial charge in [0, 0.05) is 36.6 Å². The Labute approximate surface area is 171 Å². The summed E-state index contributed by atoms with van der Waals surface area (Å²) in [6.45, 7) is 2.23. The Bertz CT molecular complexity index is 877. The second kappa shape index (κ2) is 9.09. The molecule has 2 N–H and O–H groups in total. The number of fused-ring (bicyclic) bond motifs is 1. The van der Waals surface area contributed by atoms with Gasteiger partial charge in [0.1, 0.15) is 0 Å². The van der Waals surface area contributed by atoms with E-state index in [2.05, 4.69) is 16.7 Å². The Balaban J connectivity index is 1.33. The van der Waals surface area contributed by atoms with Gasteiger partial charge in [-0.1, -0.05) is 24.3 Å². The topological polar surface area (TPSA) is 70.7 Å². The predicted molar refractivity (Wildman–Crippen MR) is 113 cm³/mol. The SMILES string of the molecule is O=C(NCC1CCCO1)c1cccc(NCC(=O)N2CCCc3ccccc32)c1. The second-order valence-electron chi connectivity index (χ2n) is 7.56. The van der Waals surface area contributed by atoms with E-state index in [9.17, 15) is 9.59 Å². The van der Waals surface area contributed by atoms with Crippen molar-refractivity contribution in [1.82, 2.24) is 5.32 Å². The van der Waals surface area contributed by atoms with Crippen molar-refractivity contribution in [2.75, 3.05) is 36.5 Å². The first kappa shape index (κ1) is 19.5. The van der Waals surface area contributed by atoms with Crippen LogP contribution in [0.4, 0.5) is 11.4 Å². The fraction of sp³-hybridized carbons (Fsp3) is 0.391. The van der Waals surface area contributed by atoms with E-state index < -0.39 is 0 Å². The molecule has 2 heterocycles. The fourth-order valence-electron chi connectivity index (χ4n) is 3.95. The van der Waals surface area contributed by atoms with Crippen LogP contribution >= 0.6 is 0 Å². The number of ether oxygens (including phenoxy) is 1. The third-order valence-corrected chi connectivity index (χ3v) is 5.49. The maximum atomic E-state index is 12.8. The van der Waals surface area contributed by atoms with Gasteiger partial charge >= 0.3 is 0 Å². The minimum atomic E-state index is -0.125. The Kier molecular flexibility index (Phi) is 6.10. The number of aryl methyl sites for hydroxylation is 1. The summed E-state index contributed by atoms with van der Waals surface area (Å²) in [4.78, 5) is 27.0.